The molecule has 0 heterocycles. The zero-order valence-corrected chi connectivity index (χ0v) is 23.4. The molecule has 0 aromatic heterocycles. The normalized spacial score (nSPS) is 20.0. The highest BCUT2D eigenvalue weighted by Gasteiger charge is 2.41. The molecule has 1 aliphatic carbocycles. The quantitative estimate of drug-likeness (QED) is 0.204. The molecular formula is C28H46N4O6. The van der Waals surface area contributed by atoms with Crippen LogP contribution in [0.1, 0.15) is 65.4 Å². The predicted molar refractivity (Wildman–Crippen MR) is 146 cm³/mol. The number of rotatable bonds is 16. The van der Waals surface area contributed by atoms with Gasteiger partial charge in [0, 0.05) is 12.6 Å². The fourth-order valence-electron chi connectivity index (χ4n) is 4.32. The third kappa shape index (κ3) is 10.5. The van der Waals surface area contributed by atoms with Crippen molar-refractivity contribution in [3.63, 3.8) is 0 Å². The Morgan fingerprint density at radius 3 is 2.29 bits per heavy atom. The van der Waals surface area contributed by atoms with E-state index >= 15 is 0 Å². The molecule has 10 nitrogen and oxygen atoms in total. The summed E-state index contributed by atoms with van der Waals surface area (Å²) in [7, 11) is 0. The zero-order valence-electron chi connectivity index (χ0n) is 23.4. The molecule has 3 atom stereocenters. The minimum Gasteiger partial charge on any atom is -0.494 e. The minimum atomic E-state index is -1.44. The Hall–Kier alpha value is -2.85. The van der Waals surface area contributed by atoms with Gasteiger partial charge in [0.25, 0.3) is 0 Å². The van der Waals surface area contributed by atoms with Crippen molar-refractivity contribution in [3.05, 3.63) is 29.8 Å². The van der Waals surface area contributed by atoms with Crippen molar-refractivity contribution in [1.82, 2.24) is 16.0 Å². The van der Waals surface area contributed by atoms with Crippen LogP contribution in [0.3, 0.4) is 0 Å². The molecule has 0 radical (unpaired) electrons. The van der Waals surface area contributed by atoms with E-state index in [2.05, 4.69) is 16.0 Å². The molecule has 0 saturated heterocycles. The van der Waals surface area contributed by atoms with Gasteiger partial charge in [0.15, 0.2) is 0 Å². The Labute approximate surface area is 226 Å². The number of aryl methyl sites for hydroxylation is 1. The van der Waals surface area contributed by atoms with Crippen molar-refractivity contribution >= 4 is 17.9 Å². The largest absolute Gasteiger partial charge is 0.494 e. The Balaban J connectivity index is 1.69. The van der Waals surface area contributed by atoms with Crippen LogP contribution >= 0.6 is 0 Å². The van der Waals surface area contributed by atoms with Crippen LogP contribution in [0.25, 0.3) is 0 Å². The third-order valence-electron chi connectivity index (χ3n) is 6.97. The lowest BCUT2D eigenvalue weighted by molar-refractivity contribution is -0.144. The molecule has 3 amide bonds. The summed E-state index contributed by atoms with van der Waals surface area (Å²) in [6.45, 7) is 10.5. The van der Waals surface area contributed by atoms with Crippen LogP contribution in [-0.2, 0) is 14.3 Å². The van der Waals surface area contributed by atoms with E-state index in [4.69, 9.17) is 15.2 Å². The fraction of sp³-hybridized carbons (Fsp3) is 0.679. The maximum Gasteiger partial charge on any atom is 0.329 e. The van der Waals surface area contributed by atoms with E-state index < -0.39 is 23.6 Å². The number of carbonyl (C=O) groups excluding carboxylic acids is 2. The molecule has 0 unspecified atom stereocenters. The first kappa shape index (κ1) is 31.4. The van der Waals surface area contributed by atoms with Crippen LogP contribution in [0.5, 0.6) is 5.75 Å². The van der Waals surface area contributed by atoms with E-state index in [1.54, 1.807) is 6.92 Å². The van der Waals surface area contributed by atoms with E-state index in [9.17, 15) is 19.5 Å². The van der Waals surface area contributed by atoms with Crippen molar-refractivity contribution in [3.8, 4) is 5.75 Å². The van der Waals surface area contributed by atoms with Gasteiger partial charge in [-0.1, -0.05) is 31.5 Å². The van der Waals surface area contributed by atoms with Gasteiger partial charge >= 0.3 is 12.0 Å². The molecule has 6 N–H and O–H groups in total. The highest BCUT2D eigenvalue weighted by molar-refractivity contribution is 5.90. The average molecular weight is 535 g/mol. The minimum absolute atomic E-state index is 0.0894. The molecule has 1 aromatic rings. The van der Waals surface area contributed by atoms with E-state index in [1.165, 1.54) is 12.5 Å². The standard InChI is InChI=1S/C28H46N4O6/c1-18(2)24(17-37-12-6-7-13-38-23-10-8-19(3)9-11-23)31-25(33)20(4)30-27(36)32-28(5,26(34)35)16-21-14-22(29)15-21/h8-11,18,20-22,24H,6-7,12-17,29H2,1-5H3,(H,31,33)(H,34,35)(H2,30,32,36)/t20-,21-,22-,24-,28+/m1/s1. The van der Waals surface area contributed by atoms with Crippen LogP contribution in [0, 0.1) is 18.8 Å². The number of hydrogen-bond acceptors (Lipinski definition) is 6. The summed E-state index contributed by atoms with van der Waals surface area (Å²) in [4.78, 5) is 37.1. The molecule has 10 heteroatoms. The second-order valence-corrected chi connectivity index (χ2v) is 11.1. The van der Waals surface area contributed by atoms with Crippen LogP contribution < -0.4 is 26.4 Å². The van der Waals surface area contributed by atoms with Crippen molar-refractivity contribution in [2.75, 3.05) is 19.8 Å². The first-order valence-electron chi connectivity index (χ1n) is 13.5. The van der Waals surface area contributed by atoms with E-state index in [1.807, 2.05) is 45.0 Å². The molecule has 1 saturated carbocycles. The fourth-order valence-corrected chi connectivity index (χ4v) is 4.32. The third-order valence-corrected chi connectivity index (χ3v) is 6.97. The van der Waals surface area contributed by atoms with Crippen molar-refractivity contribution in [2.45, 2.75) is 90.4 Å². The van der Waals surface area contributed by atoms with Crippen molar-refractivity contribution in [1.29, 1.82) is 0 Å². The summed E-state index contributed by atoms with van der Waals surface area (Å²) in [6, 6.07) is 6.24. The molecule has 1 fully saturated rings. The molecule has 1 aromatic carbocycles. The number of unbranched alkanes of at least 4 members (excludes halogenated alkanes) is 1. The van der Waals surface area contributed by atoms with E-state index in [-0.39, 0.29) is 36.2 Å². The Kier molecular flexibility index (Phi) is 12.3. The summed E-state index contributed by atoms with van der Waals surface area (Å²) in [5.74, 6) is -0.361. The van der Waals surface area contributed by atoms with Gasteiger partial charge in [0.1, 0.15) is 17.3 Å². The number of carboxylic acids is 1. The molecule has 2 rings (SSSR count). The van der Waals surface area contributed by atoms with Gasteiger partial charge in [-0.3, -0.25) is 4.79 Å². The molecule has 0 aliphatic heterocycles. The Morgan fingerprint density at radius 2 is 1.71 bits per heavy atom. The highest BCUT2D eigenvalue weighted by atomic mass is 16.5. The van der Waals surface area contributed by atoms with Gasteiger partial charge in [-0.15, -0.1) is 0 Å². The van der Waals surface area contributed by atoms with Crippen molar-refractivity contribution < 1.29 is 29.0 Å². The Morgan fingerprint density at radius 1 is 1.08 bits per heavy atom. The van der Waals surface area contributed by atoms with E-state index in [0.29, 0.717) is 19.8 Å². The number of hydrogen-bond donors (Lipinski definition) is 5. The summed E-state index contributed by atoms with van der Waals surface area (Å²) in [5, 5.41) is 17.7. The number of nitrogens with two attached hydrogens (primary N) is 1. The zero-order chi connectivity index (χ0) is 28.3. The second kappa shape index (κ2) is 14.9. The summed E-state index contributed by atoms with van der Waals surface area (Å²) >= 11 is 0. The number of carboxylic acid groups (broad SMARTS) is 1. The number of urea groups is 1. The van der Waals surface area contributed by atoms with Crippen LogP contribution in [-0.4, -0.2) is 66.5 Å². The maximum atomic E-state index is 12.7. The predicted octanol–water partition coefficient (Wildman–Crippen LogP) is 2.97. The van der Waals surface area contributed by atoms with Gasteiger partial charge in [-0.05, 0) is 76.8 Å². The number of aliphatic carboxylic acids is 1. The topological polar surface area (TPSA) is 152 Å². The number of carbonyl (C=O) groups is 3. The number of amides is 3. The second-order valence-electron chi connectivity index (χ2n) is 11.1. The Bertz CT molecular complexity index is 903. The lowest BCUT2D eigenvalue weighted by Gasteiger charge is -2.38. The number of ether oxygens (including phenoxy) is 2. The van der Waals surface area contributed by atoms with Gasteiger partial charge < -0.3 is 36.3 Å². The monoisotopic (exact) mass is 534 g/mol. The summed E-state index contributed by atoms with van der Waals surface area (Å²) in [5.41, 5.74) is 5.55. The first-order valence-corrected chi connectivity index (χ1v) is 13.5. The average Bonchev–Trinajstić information content (AvgIpc) is 2.82. The van der Waals surface area contributed by atoms with Crippen LogP contribution in [0.15, 0.2) is 24.3 Å². The SMILES string of the molecule is Cc1ccc(OCCCCOC[C@@H](NC(=O)[C@@H](C)NC(=O)N[C@@](C)(C[C@H]2C[C@H](N)C2)C(=O)O)C(C)C)cc1. The molecular weight excluding hydrogens is 488 g/mol. The van der Waals surface area contributed by atoms with Crippen LogP contribution in [0.4, 0.5) is 4.79 Å². The molecule has 38 heavy (non-hydrogen) atoms. The van der Waals surface area contributed by atoms with Gasteiger partial charge in [-0.2, -0.15) is 0 Å². The van der Waals surface area contributed by atoms with E-state index in [0.717, 1.165) is 31.4 Å². The highest BCUT2D eigenvalue weighted by Crippen LogP contribution is 2.33. The molecule has 0 bridgehead atoms. The summed E-state index contributed by atoms with van der Waals surface area (Å²) in [6.07, 6.45) is 3.45. The van der Waals surface area contributed by atoms with Crippen molar-refractivity contribution in [2.24, 2.45) is 17.6 Å². The first-order chi connectivity index (χ1) is 17.9. The lowest BCUT2D eigenvalue weighted by atomic mass is 9.73. The molecule has 214 valence electrons. The smallest absolute Gasteiger partial charge is 0.329 e. The lowest BCUT2D eigenvalue weighted by Crippen LogP contribution is -2.60. The van der Waals surface area contributed by atoms with Gasteiger partial charge in [-0.25, -0.2) is 9.59 Å². The molecule has 0 spiro atoms. The van der Waals surface area contributed by atoms with Gasteiger partial charge in [0.2, 0.25) is 5.91 Å². The van der Waals surface area contributed by atoms with Crippen LogP contribution in [0.2, 0.25) is 0 Å². The number of benzene rings is 1. The summed E-state index contributed by atoms with van der Waals surface area (Å²) < 4.78 is 11.5. The van der Waals surface area contributed by atoms with Gasteiger partial charge in [0.05, 0.1) is 19.3 Å². The molecule has 1 aliphatic rings. The maximum absolute atomic E-state index is 12.7. The number of nitrogens with one attached hydrogen (secondary N) is 3.